The fourth-order valence-electron chi connectivity index (χ4n) is 3.67. The standard InChI is InChI=1S/C23H25N5OS/c1-16-3-4-17(2)21-20(16)26-23(30-21)28-13-11-27(12-14-28)10-9-25-22(29)19-7-5-18(15-24)6-8-19/h3-8H,9-14H2,1-2H3,(H,25,29). The molecule has 0 aliphatic carbocycles. The Kier molecular flexibility index (Phi) is 5.98. The summed E-state index contributed by atoms with van der Waals surface area (Å²) in [4.78, 5) is 21.9. The number of hydrogen-bond donors (Lipinski definition) is 1. The predicted molar refractivity (Wildman–Crippen MR) is 121 cm³/mol. The number of thiazole rings is 1. The lowest BCUT2D eigenvalue weighted by Crippen LogP contribution is -2.48. The molecule has 7 heteroatoms. The molecule has 0 bridgehead atoms. The summed E-state index contributed by atoms with van der Waals surface area (Å²) in [7, 11) is 0. The summed E-state index contributed by atoms with van der Waals surface area (Å²) in [6, 6.07) is 13.1. The van der Waals surface area contributed by atoms with E-state index < -0.39 is 0 Å². The van der Waals surface area contributed by atoms with Crippen LogP contribution < -0.4 is 10.2 Å². The predicted octanol–water partition coefficient (Wildman–Crippen LogP) is 3.34. The van der Waals surface area contributed by atoms with Gasteiger partial charge in [-0.3, -0.25) is 9.69 Å². The Bertz CT molecular complexity index is 1050. The maximum Gasteiger partial charge on any atom is 0.251 e. The zero-order valence-electron chi connectivity index (χ0n) is 17.3. The largest absolute Gasteiger partial charge is 0.351 e. The van der Waals surface area contributed by atoms with E-state index in [0.29, 0.717) is 17.7 Å². The van der Waals surface area contributed by atoms with Crippen LogP contribution in [-0.4, -0.2) is 55.1 Å². The molecule has 2 heterocycles. The highest BCUT2D eigenvalue weighted by Gasteiger charge is 2.20. The number of anilines is 1. The highest BCUT2D eigenvalue weighted by molar-refractivity contribution is 7.22. The van der Waals surface area contributed by atoms with Crippen molar-refractivity contribution in [1.29, 1.82) is 5.26 Å². The monoisotopic (exact) mass is 419 g/mol. The van der Waals surface area contributed by atoms with Gasteiger partial charge in [0.1, 0.15) is 0 Å². The third-order valence-electron chi connectivity index (χ3n) is 5.56. The van der Waals surface area contributed by atoms with Crippen LogP contribution >= 0.6 is 11.3 Å². The lowest BCUT2D eigenvalue weighted by atomic mass is 10.1. The van der Waals surface area contributed by atoms with E-state index in [-0.39, 0.29) is 5.91 Å². The van der Waals surface area contributed by atoms with Gasteiger partial charge in [0.2, 0.25) is 0 Å². The number of piperazine rings is 1. The number of aryl methyl sites for hydroxylation is 2. The molecular weight excluding hydrogens is 394 g/mol. The van der Waals surface area contributed by atoms with Crippen molar-refractivity contribution in [2.24, 2.45) is 0 Å². The van der Waals surface area contributed by atoms with Crippen molar-refractivity contribution in [3.63, 3.8) is 0 Å². The van der Waals surface area contributed by atoms with Crippen LogP contribution in [-0.2, 0) is 0 Å². The van der Waals surface area contributed by atoms with Crippen molar-refractivity contribution in [1.82, 2.24) is 15.2 Å². The number of carbonyl (C=O) groups excluding carboxylic acids is 1. The third kappa shape index (κ3) is 4.30. The van der Waals surface area contributed by atoms with Crippen molar-refractivity contribution < 1.29 is 4.79 Å². The molecule has 2 aromatic carbocycles. The summed E-state index contributed by atoms with van der Waals surface area (Å²) in [5.41, 5.74) is 4.79. The van der Waals surface area contributed by atoms with E-state index in [0.717, 1.165) is 43.4 Å². The first kappa shape index (κ1) is 20.3. The van der Waals surface area contributed by atoms with E-state index in [1.807, 2.05) is 0 Å². The summed E-state index contributed by atoms with van der Waals surface area (Å²) < 4.78 is 1.29. The molecule has 0 spiro atoms. The maximum absolute atomic E-state index is 12.2. The second-order valence-electron chi connectivity index (χ2n) is 7.65. The zero-order chi connectivity index (χ0) is 21.1. The number of fused-ring (bicyclic) bond motifs is 1. The minimum Gasteiger partial charge on any atom is -0.351 e. The number of carbonyl (C=O) groups is 1. The smallest absolute Gasteiger partial charge is 0.251 e. The topological polar surface area (TPSA) is 72.3 Å². The molecule has 3 aromatic rings. The molecule has 4 rings (SSSR count). The summed E-state index contributed by atoms with van der Waals surface area (Å²) in [5.74, 6) is -0.0988. The number of nitriles is 1. The SMILES string of the molecule is Cc1ccc(C)c2sc(N3CCN(CCNC(=O)c4ccc(C#N)cc4)CC3)nc12. The fraction of sp³-hybridized carbons (Fsp3) is 0.348. The van der Waals surface area contributed by atoms with E-state index in [2.05, 4.69) is 47.2 Å². The Morgan fingerprint density at radius 3 is 2.47 bits per heavy atom. The van der Waals surface area contributed by atoms with Crippen LogP contribution in [0.1, 0.15) is 27.0 Å². The Balaban J connectivity index is 1.27. The normalized spacial score (nSPS) is 14.6. The van der Waals surface area contributed by atoms with Crippen LogP contribution in [0.15, 0.2) is 36.4 Å². The molecule has 0 saturated carbocycles. The third-order valence-corrected chi connectivity index (χ3v) is 6.81. The van der Waals surface area contributed by atoms with Gasteiger partial charge in [-0.15, -0.1) is 0 Å². The molecule has 1 amide bonds. The summed E-state index contributed by atoms with van der Waals surface area (Å²) in [5, 5.41) is 12.9. The summed E-state index contributed by atoms with van der Waals surface area (Å²) >= 11 is 1.79. The fourth-order valence-corrected chi connectivity index (χ4v) is 4.84. The number of aromatic nitrogens is 1. The van der Waals surface area contributed by atoms with Gasteiger partial charge in [0, 0.05) is 44.8 Å². The zero-order valence-corrected chi connectivity index (χ0v) is 18.1. The number of nitrogens with zero attached hydrogens (tertiary/aromatic N) is 4. The van der Waals surface area contributed by atoms with E-state index >= 15 is 0 Å². The summed E-state index contributed by atoms with van der Waals surface area (Å²) in [6.45, 7) is 9.51. The molecule has 1 aliphatic rings. The average molecular weight is 420 g/mol. The molecule has 1 aliphatic heterocycles. The van der Waals surface area contributed by atoms with Gasteiger partial charge in [0.15, 0.2) is 5.13 Å². The van der Waals surface area contributed by atoms with Crippen molar-refractivity contribution >= 4 is 32.6 Å². The molecule has 1 aromatic heterocycles. The molecular formula is C23H25N5OS. The number of hydrogen-bond acceptors (Lipinski definition) is 6. The number of rotatable bonds is 5. The van der Waals surface area contributed by atoms with E-state index in [9.17, 15) is 4.79 Å². The minimum atomic E-state index is -0.0988. The van der Waals surface area contributed by atoms with Crippen LogP contribution in [0, 0.1) is 25.2 Å². The van der Waals surface area contributed by atoms with Gasteiger partial charge >= 0.3 is 0 Å². The molecule has 1 fully saturated rings. The van der Waals surface area contributed by atoms with Crippen LogP contribution in [0.2, 0.25) is 0 Å². The minimum absolute atomic E-state index is 0.0988. The van der Waals surface area contributed by atoms with Crippen molar-refractivity contribution in [3.8, 4) is 6.07 Å². The van der Waals surface area contributed by atoms with Crippen LogP contribution in [0.4, 0.5) is 5.13 Å². The Morgan fingerprint density at radius 2 is 1.80 bits per heavy atom. The molecule has 0 unspecified atom stereocenters. The first-order valence-electron chi connectivity index (χ1n) is 10.2. The summed E-state index contributed by atoms with van der Waals surface area (Å²) in [6.07, 6.45) is 0. The van der Waals surface area contributed by atoms with E-state index in [1.54, 1.807) is 35.6 Å². The van der Waals surface area contributed by atoms with Crippen molar-refractivity contribution in [2.75, 3.05) is 44.2 Å². The van der Waals surface area contributed by atoms with Crippen molar-refractivity contribution in [2.45, 2.75) is 13.8 Å². The van der Waals surface area contributed by atoms with Gasteiger partial charge in [0.25, 0.3) is 5.91 Å². The number of nitrogens with one attached hydrogen (secondary N) is 1. The Morgan fingerprint density at radius 1 is 1.10 bits per heavy atom. The first-order chi connectivity index (χ1) is 14.5. The second-order valence-corrected chi connectivity index (χ2v) is 8.62. The van der Waals surface area contributed by atoms with Gasteiger partial charge in [0.05, 0.1) is 21.8 Å². The second kappa shape index (κ2) is 8.82. The van der Waals surface area contributed by atoms with E-state index in [4.69, 9.17) is 10.2 Å². The molecule has 0 atom stereocenters. The molecule has 6 nitrogen and oxygen atoms in total. The molecule has 154 valence electrons. The van der Waals surface area contributed by atoms with Crippen LogP contribution in [0.5, 0.6) is 0 Å². The van der Waals surface area contributed by atoms with Crippen molar-refractivity contribution in [3.05, 3.63) is 58.7 Å². The maximum atomic E-state index is 12.2. The molecule has 1 N–H and O–H groups in total. The van der Waals surface area contributed by atoms with Crippen LogP contribution in [0.3, 0.4) is 0 Å². The quantitative estimate of drug-likeness (QED) is 0.687. The van der Waals surface area contributed by atoms with Crippen LogP contribution in [0.25, 0.3) is 10.2 Å². The van der Waals surface area contributed by atoms with Gasteiger partial charge in [-0.05, 0) is 49.2 Å². The van der Waals surface area contributed by atoms with Gasteiger partial charge in [-0.25, -0.2) is 4.98 Å². The molecule has 0 radical (unpaired) electrons. The van der Waals surface area contributed by atoms with E-state index in [1.165, 1.54) is 15.8 Å². The van der Waals surface area contributed by atoms with Gasteiger partial charge in [-0.1, -0.05) is 23.5 Å². The average Bonchev–Trinajstić information content (AvgIpc) is 3.24. The Labute approximate surface area is 180 Å². The highest BCUT2D eigenvalue weighted by atomic mass is 32.1. The Hall–Kier alpha value is -2.95. The number of benzene rings is 2. The first-order valence-corrected chi connectivity index (χ1v) is 11.0. The number of amides is 1. The molecule has 30 heavy (non-hydrogen) atoms. The lowest BCUT2D eigenvalue weighted by molar-refractivity contribution is 0.0948. The lowest BCUT2D eigenvalue weighted by Gasteiger charge is -2.34. The molecule has 1 saturated heterocycles. The highest BCUT2D eigenvalue weighted by Crippen LogP contribution is 2.33. The van der Waals surface area contributed by atoms with Gasteiger partial charge in [-0.2, -0.15) is 5.26 Å². The van der Waals surface area contributed by atoms with Gasteiger partial charge < -0.3 is 10.2 Å².